The smallest absolute Gasteiger partial charge is 0.326 e. The summed E-state index contributed by atoms with van der Waals surface area (Å²) in [7, 11) is 0. The predicted molar refractivity (Wildman–Crippen MR) is 44.2 cm³/mol. The molecule has 0 saturated carbocycles. The van der Waals surface area contributed by atoms with Crippen LogP contribution in [0.2, 0.25) is 0 Å². The van der Waals surface area contributed by atoms with Crippen LogP contribution < -0.4 is 5.73 Å². The van der Waals surface area contributed by atoms with Crippen molar-refractivity contribution in [2.75, 3.05) is 0 Å². The average Bonchev–Trinajstić information content (AvgIpc) is 2.16. The molecule has 3 N–H and O–H groups in total. The molecular weight excluding hydrogens is 172 g/mol. The number of carboxylic acids is 1. The highest BCUT2D eigenvalue weighted by atomic mass is 16.4. The summed E-state index contributed by atoms with van der Waals surface area (Å²) in [5.74, 6) is -1.17. The van der Waals surface area contributed by atoms with E-state index in [1.54, 1.807) is 0 Å². The van der Waals surface area contributed by atoms with Crippen molar-refractivity contribution in [2.45, 2.75) is 6.04 Å². The molecule has 68 valence electrons. The predicted octanol–water partition coefficient (Wildman–Crippen LogP) is -0.0215. The quantitative estimate of drug-likeness (QED) is 0.637. The highest BCUT2D eigenvalue weighted by molar-refractivity contribution is 5.76. The van der Waals surface area contributed by atoms with Gasteiger partial charge in [-0.1, -0.05) is 6.07 Å². The zero-order valence-corrected chi connectivity index (χ0v) is 6.68. The van der Waals surface area contributed by atoms with Gasteiger partial charge >= 0.3 is 5.97 Å². The van der Waals surface area contributed by atoms with Crippen LogP contribution >= 0.6 is 0 Å². The first-order chi connectivity index (χ1) is 6.15. The van der Waals surface area contributed by atoms with Crippen LogP contribution in [0.25, 0.3) is 0 Å². The first-order valence-corrected chi connectivity index (χ1v) is 3.55. The van der Waals surface area contributed by atoms with Crippen molar-refractivity contribution < 1.29 is 14.7 Å². The van der Waals surface area contributed by atoms with Gasteiger partial charge in [0.2, 0.25) is 0 Å². The standard InChI is InChI=1S/C8H8N2O3/c9-7(8(12)13)6-3-1-2-5(4-11)10-6/h1-4,7H,9H2,(H,12,13)/t7-/m0/s1. The Morgan fingerprint density at radius 2 is 2.31 bits per heavy atom. The zero-order valence-electron chi connectivity index (χ0n) is 6.68. The van der Waals surface area contributed by atoms with Crippen LogP contribution in [0.4, 0.5) is 0 Å². The van der Waals surface area contributed by atoms with Crippen LogP contribution in [-0.2, 0) is 4.79 Å². The average molecular weight is 180 g/mol. The fourth-order valence-corrected chi connectivity index (χ4v) is 0.834. The Balaban J connectivity index is 3.01. The zero-order chi connectivity index (χ0) is 9.84. The third kappa shape index (κ3) is 2.09. The van der Waals surface area contributed by atoms with Gasteiger partial charge in [0.15, 0.2) is 6.29 Å². The topological polar surface area (TPSA) is 93.3 Å². The van der Waals surface area contributed by atoms with Crippen LogP contribution in [0.5, 0.6) is 0 Å². The first-order valence-electron chi connectivity index (χ1n) is 3.55. The van der Waals surface area contributed by atoms with E-state index < -0.39 is 12.0 Å². The van der Waals surface area contributed by atoms with Gasteiger partial charge in [-0.25, -0.2) is 4.98 Å². The van der Waals surface area contributed by atoms with Crippen molar-refractivity contribution in [1.82, 2.24) is 4.98 Å². The Bertz CT molecular complexity index is 338. The van der Waals surface area contributed by atoms with Gasteiger partial charge in [-0.15, -0.1) is 0 Å². The van der Waals surface area contributed by atoms with Crippen LogP contribution in [0.1, 0.15) is 22.2 Å². The van der Waals surface area contributed by atoms with Gasteiger partial charge in [0.1, 0.15) is 11.7 Å². The number of carboxylic acid groups (broad SMARTS) is 1. The van der Waals surface area contributed by atoms with E-state index in [4.69, 9.17) is 10.8 Å². The third-order valence-corrected chi connectivity index (χ3v) is 1.50. The molecule has 5 heteroatoms. The third-order valence-electron chi connectivity index (χ3n) is 1.50. The molecule has 5 nitrogen and oxygen atoms in total. The summed E-state index contributed by atoms with van der Waals surface area (Å²) < 4.78 is 0. The Kier molecular flexibility index (Phi) is 2.71. The van der Waals surface area contributed by atoms with Gasteiger partial charge in [0.05, 0.1) is 5.69 Å². The number of hydrogen-bond donors (Lipinski definition) is 2. The molecule has 0 unspecified atom stereocenters. The second kappa shape index (κ2) is 3.77. The van der Waals surface area contributed by atoms with E-state index in [2.05, 4.69) is 4.98 Å². The molecule has 1 aromatic heterocycles. The molecule has 1 atom stereocenters. The van der Waals surface area contributed by atoms with Gasteiger partial charge in [-0.3, -0.25) is 9.59 Å². The first kappa shape index (κ1) is 9.34. The van der Waals surface area contributed by atoms with E-state index in [1.807, 2.05) is 0 Å². The number of pyridine rings is 1. The lowest BCUT2D eigenvalue weighted by molar-refractivity contribution is -0.138. The van der Waals surface area contributed by atoms with Crippen molar-refractivity contribution in [3.63, 3.8) is 0 Å². The van der Waals surface area contributed by atoms with Crippen LogP contribution in [0.15, 0.2) is 18.2 Å². The molecule has 0 saturated heterocycles. The largest absolute Gasteiger partial charge is 0.480 e. The van der Waals surface area contributed by atoms with Crippen molar-refractivity contribution in [3.8, 4) is 0 Å². The van der Waals surface area contributed by atoms with Gasteiger partial charge in [-0.2, -0.15) is 0 Å². The number of nitrogens with two attached hydrogens (primary N) is 1. The van der Waals surface area contributed by atoms with Crippen LogP contribution in [0, 0.1) is 0 Å². The Morgan fingerprint density at radius 3 is 2.85 bits per heavy atom. The number of aldehydes is 1. The minimum atomic E-state index is -1.18. The number of carbonyl (C=O) groups is 2. The number of carbonyl (C=O) groups excluding carboxylic acids is 1. The summed E-state index contributed by atoms with van der Waals surface area (Å²) in [5.41, 5.74) is 5.64. The molecule has 0 aliphatic carbocycles. The normalized spacial score (nSPS) is 12.1. The fraction of sp³-hybridized carbons (Fsp3) is 0.125. The van der Waals surface area contributed by atoms with Crippen molar-refractivity contribution >= 4 is 12.3 Å². The number of aliphatic carboxylic acids is 1. The molecule has 1 heterocycles. The van der Waals surface area contributed by atoms with E-state index in [0.717, 1.165) is 0 Å². The van der Waals surface area contributed by atoms with E-state index in [-0.39, 0.29) is 11.4 Å². The second-order valence-corrected chi connectivity index (χ2v) is 2.42. The number of aromatic nitrogens is 1. The summed E-state index contributed by atoms with van der Waals surface area (Å²) in [6.07, 6.45) is 0.540. The van der Waals surface area contributed by atoms with E-state index in [9.17, 15) is 9.59 Å². The fourth-order valence-electron chi connectivity index (χ4n) is 0.834. The monoisotopic (exact) mass is 180 g/mol. The number of hydrogen-bond acceptors (Lipinski definition) is 4. The van der Waals surface area contributed by atoms with Gasteiger partial charge in [0, 0.05) is 0 Å². The second-order valence-electron chi connectivity index (χ2n) is 2.42. The highest BCUT2D eigenvalue weighted by Crippen LogP contribution is 2.06. The maximum absolute atomic E-state index is 10.4. The number of rotatable bonds is 3. The molecule has 1 rings (SSSR count). The lowest BCUT2D eigenvalue weighted by Crippen LogP contribution is -2.22. The van der Waals surface area contributed by atoms with Gasteiger partial charge < -0.3 is 10.8 Å². The van der Waals surface area contributed by atoms with Crippen LogP contribution in [-0.4, -0.2) is 22.3 Å². The summed E-state index contributed by atoms with van der Waals surface area (Å²) in [4.78, 5) is 24.5. The Labute approximate surface area is 74.2 Å². The number of nitrogens with zero attached hydrogens (tertiary/aromatic N) is 1. The Morgan fingerprint density at radius 1 is 1.62 bits per heavy atom. The molecule has 0 aromatic carbocycles. The molecule has 0 aliphatic rings. The minimum absolute atomic E-state index is 0.175. The summed E-state index contributed by atoms with van der Waals surface area (Å²) >= 11 is 0. The van der Waals surface area contributed by atoms with Crippen molar-refractivity contribution in [3.05, 3.63) is 29.6 Å². The summed E-state index contributed by atoms with van der Waals surface area (Å²) in [5, 5.41) is 8.55. The lowest BCUT2D eigenvalue weighted by Gasteiger charge is -2.04. The molecule has 13 heavy (non-hydrogen) atoms. The van der Waals surface area contributed by atoms with E-state index >= 15 is 0 Å². The van der Waals surface area contributed by atoms with Crippen LogP contribution in [0.3, 0.4) is 0 Å². The van der Waals surface area contributed by atoms with Crippen molar-refractivity contribution in [1.29, 1.82) is 0 Å². The molecular formula is C8H8N2O3. The van der Waals surface area contributed by atoms with E-state index in [0.29, 0.717) is 6.29 Å². The SMILES string of the molecule is N[C@H](C(=O)O)c1cccc(C=O)n1. The molecule has 0 aliphatic heterocycles. The van der Waals surface area contributed by atoms with Crippen molar-refractivity contribution in [2.24, 2.45) is 5.73 Å². The highest BCUT2D eigenvalue weighted by Gasteiger charge is 2.15. The lowest BCUT2D eigenvalue weighted by atomic mass is 10.2. The Hall–Kier alpha value is -1.75. The molecule has 0 fully saturated rings. The van der Waals surface area contributed by atoms with Gasteiger partial charge in [0.25, 0.3) is 0 Å². The maximum Gasteiger partial charge on any atom is 0.326 e. The molecule has 0 bridgehead atoms. The van der Waals surface area contributed by atoms with Gasteiger partial charge in [-0.05, 0) is 12.1 Å². The molecule has 0 radical (unpaired) electrons. The molecule has 1 aromatic rings. The maximum atomic E-state index is 10.4. The minimum Gasteiger partial charge on any atom is -0.480 e. The van der Waals surface area contributed by atoms with E-state index in [1.165, 1.54) is 18.2 Å². The summed E-state index contributed by atoms with van der Waals surface area (Å²) in [6, 6.07) is 3.30. The molecule has 0 amide bonds. The summed E-state index contributed by atoms with van der Waals surface area (Å²) in [6.45, 7) is 0. The molecule has 0 spiro atoms.